The summed E-state index contributed by atoms with van der Waals surface area (Å²) in [6.45, 7) is 7.39. The van der Waals surface area contributed by atoms with Crippen LogP contribution in [-0.4, -0.2) is 20.4 Å². The van der Waals surface area contributed by atoms with Gasteiger partial charge in [0.2, 0.25) is 10.0 Å². The van der Waals surface area contributed by atoms with Crippen LogP contribution in [0.25, 0.3) is 0 Å². The fourth-order valence-corrected chi connectivity index (χ4v) is 3.91. The van der Waals surface area contributed by atoms with Gasteiger partial charge >= 0.3 is 0 Å². The lowest BCUT2D eigenvalue weighted by atomic mass is 10.0. The first-order valence-electron chi connectivity index (χ1n) is 8.19. The first-order valence-corrected chi connectivity index (χ1v) is 9.68. The molecule has 2 aromatic carbocycles. The fourth-order valence-electron chi connectivity index (χ4n) is 2.61. The van der Waals surface area contributed by atoms with Crippen LogP contribution in [0.5, 0.6) is 0 Å². The van der Waals surface area contributed by atoms with Crippen LogP contribution in [-0.2, 0) is 10.0 Å². The minimum Gasteiger partial charge on any atom is -0.346 e. The predicted octanol–water partition coefficient (Wildman–Crippen LogP) is 3.17. The van der Waals surface area contributed by atoms with Crippen molar-refractivity contribution in [2.45, 2.75) is 44.7 Å². The topological polar surface area (TPSA) is 75.3 Å². The Morgan fingerprint density at radius 1 is 1.00 bits per heavy atom. The van der Waals surface area contributed by atoms with Gasteiger partial charge < -0.3 is 5.32 Å². The first kappa shape index (κ1) is 19.1. The maximum absolute atomic E-state index is 12.5. The molecule has 0 aliphatic carbocycles. The summed E-state index contributed by atoms with van der Waals surface area (Å²) in [5, 5.41) is 2.92. The lowest BCUT2D eigenvalue weighted by Gasteiger charge is -2.17. The van der Waals surface area contributed by atoms with Crippen molar-refractivity contribution in [2.24, 2.45) is 0 Å². The number of carbonyl (C=O) groups is 1. The summed E-state index contributed by atoms with van der Waals surface area (Å²) in [5.41, 5.74) is 2.43. The zero-order chi connectivity index (χ0) is 18.6. The third kappa shape index (κ3) is 4.90. The summed E-state index contributed by atoms with van der Waals surface area (Å²) in [5.74, 6) is -0.308. The summed E-state index contributed by atoms with van der Waals surface area (Å²) >= 11 is 0. The Balaban J connectivity index is 2.20. The predicted molar refractivity (Wildman–Crippen MR) is 99.0 cm³/mol. The molecule has 0 aliphatic rings. The van der Waals surface area contributed by atoms with Crippen LogP contribution < -0.4 is 10.0 Å². The summed E-state index contributed by atoms with van der Waals surface area (Å²) < 4.78 is 27.0. The number of hydrogen-bond acceptors (Lipinski definition) is 3. The Hall–Kier alpha value is -2.18. The van der Waals surface area contributed by atoms with E-state index < -0.39 is 10.0 Å². The van der Waals surface area contributed by atoms with E-state index in [1.807, 2.05) is 38.1 Å². The number of carbonyl (C=O) groups excluding carboxylic acids is 1. The van der Waals surface area contributed by atoms with Gasteiger partial charge in [-0.05, 0) is 57.0 Å². The number of amides is 1. The maximum atomic E-state index is 12.5. The van der Waals surface area contributed by atoms with Crippen LogP contribution in [0.4, 0.5) is 0 Å². The van der Waals surface area contributed by atoms with Gasteiger partial charge in [-0.2, -0.15) is 0 Å². The molecule has 0 fully saturated rings. The zero-order valence-electron chi connectivity index (χ0n) is 14.9. The molecule has 1 unspecified atom stereocenters. The third-order valence-corrected chi connectivity index (χ3v) is 5.46. The molecule has 2 rings (SSSR count). The lowest BCUT2D eigenvalue weighted by Crippen LogP contribution is -2.31. The quantitative estimate of drug-likeness (QED) is 0.831. The van der Waals surface area contributed by atoms with Gasteiger partial charge in [0.25, 0.3) is 5.91 Å². The third-order valence-electron chi connectivity index (χ3n) is 3.80. The van der Waals surface area contributed by atoms with Crippen molar-refractivity contribution < 1.29 is 13.2 Å². The lowest BCUT2D eigenvalue weighted by molar-refractivity contribution is 0.0939. The van der Waals surface area contributed by atoms with Crippen LogP contribution in [0.3, 0.4) is 0 Å². The number of nitrogens with one attached hydrogen (secondary N) is 2. The van der Waals surface area contributed by atoms with E-state index in [1.165, 1.54) is 12.1 Å². The fraction of sp³-hybridized carbons (Fsp3) is 0.316. The van der Waals surface area contributed by atoms with E-state index in [4.69, 9.17) is 0 Å². The molecule has 1 atom stereocenters. The average molecular weight is 360 g/mol. The zero-order valence-corrected chi connectivity index (χ0v) is 15.7. The number of benzene rings is 2. The SMILES string of the molecule is Cc1ccccc1C(C)NC(=O)c1cccc(S(=O)(=O)NC(C)C)c1. The summed E-state index contributed by atoms with van der Waals surface area (Å²) in [7, 11) is -3.63. The van der Waals surface area contributed by atoms with E-state index >= 15 is 0 Å². The van der Waals surface area contributed by atoms with Crippen LogP contribution in [0.15, 0.2) is 53.4 Å². The van der Waals surface area contributed by atoms with E-state index in [0.717, 1.165) is 11.1 Å². The van der Waals surface area contributed by atoms with E-state index in [-0.39, 0.29) is 22.9 Å². The van der Waals surface area contributed by atoms with Crippen LogP contribution in [0, 0.1) is 6.92 Å². The summed E-state index contributed by atoms with van der Waals surface area (Å²) in [4.78, 5) is 12.6. The molecule has 0 heterocycles. The maximum Gasteiger partial charge on any atom is 0.251 e. The molecule has 5 nitrogen and oxygen atoms in total. The molecule has 1 amide bonds. The van der Waals surface area contributed by atoms with E-state index in [0.29, 0.717) is 5.56 Å². The average Bonchev–Trinajstić information content (AvgIpc) is 2.54. The van der Waals surface area contributed by atoms with Gasteiger partial charge in [-0.15, -0.1) is 0 Å². The van der Waals surface area contributed by atoms with Crippen molar-refractivity contribution in [1.82, 2.24) is 10.0 Å². The molecule has 0 radical (unpaired) electrons. The molecule has 0 bridgehead atoms. The number of hydrogen-bond donors (Lipinski definition) is 2. The second-order valence-electron chi connectivity index (χ2n) is 6.36. The minimum absolute atomic E-state index is 0.0809. The summed E-state index contributed by atoms with van der Waals surface area (Å²) in [6, 6.07) is 13.5. The Kier molecular flexibility index (Phi) is 5.98. The van der Waals surface area contributed by atoms with Crippen molar-refractivity contribution in [2.75, 3.05) is 0 Å². The van der Waals surface area contributed by atoms with Gasteiger partial charge in [-0.3, -0.25) is 4.79 Å². The van der Waals surface area contributed by atoms with Crippen LogP contribution in [0.1, 0.15) is 48.3 Å². The molecular formula is C19H24N2O3S. The largest absolute Gasteiger partial charge is 0.346 e. The molecule has 6 heteroatoms. The van der Waals surface area contributed by atoms with Gasteiger partial charge in [-0.25, -0.2) is 13.1 Å². The normalized spacial score (nSPS) is 12.8. The summed E-state index contributed by atoms with van der Waals surface area (Å²) in [6.07, 6.45) is 0. The van der Waals surface area contributed by atoms with Crippen molar-refractivity contribution >= 4 is 15.9 Å². The Morgan fingerprint density at radius 2 is 1.68 bits per heavy atom. The minimum atomic E-state index is -3.63. The Bertz CT molecular complexity index is 860. The molecule has 0 saturated carbocycles. The van der Waals surface area contributed by atoms with Gasteiger partial charge in [0.05, 0.1) is 10.9 Å². The molecule has 2 N–H and O–H groups in total. The van der Waals surface area contributed by atoms with Crippen molar-refractivity contribution in [3.05, 3.63) is 65.2 Å². The second kappa shape index (κ2) is 7.80. The van der Waals surface area contributed by atoms with Gasteiger partial charge in [0, 0.05) is 11.6 Å². The van der Waals surface area contributed by atoms with Crippen molar-refractivity contribution in [3.63, 3.8) is 0 Å². The van der Waals surface area contributed by atoms with E-state index in [9.17, 15) is 13.2 Å². The smallest absolute Gasteiger partial charge is 0.251 e. The number of aryl methyl sites for hydroxylation is 1. The van der Waals surface area contributed by atoms with Gasteiger partial charge in [-0.1, -0.05) is 30.3 Å². The Morgan fingerprint density at radius 3 is 2.32 bits per heavy atom. The van der Waals surface area contributed by atoms with E-state index in [1.54, 1.807) is 26.0 Å². The highest BCUT2D eigenvalue weighted by Crippen LogP contribution is 2.18. The molecule has 2 aromatic rings. The van der Waals surface area contributed by atoms with Crippen molar-refractivity contribution in [1.29, 1.82) is 0 Å². The van der Waals surface area contributed by atoms with Gasteiger partial charge in [0.1, 0.15) is 0 Å². The number of rotatable bonds is 6. The van der Waals surface area contributed by atoms with Gasteiger partial charge in [0.15, 0.2) is 0 Å². The van der Waals surface area contributed by atoms with E-state index in [2.05, 4.69) is 10.0 Å². The molecular weight excluding hydrogens is 336 g/mol. The molecule has 0 saturated heterocycles. The number of sulfonamides is 1. The van der Waals surface area contributed by atoms with Crippen molar-refractivity contribution in [3.8, 4) is 0 Å². The van der Waals surface area contributed by atoms with Crippen LogP contribution in [0.2, 0.25) is 0 Å². The highest BCUT2D eigenvalue weighted by Gasteiger charge is 2.18. The highest BCUT2D eigenvalue weighted by atomic mass is 32.2. The highest BCUT2D eigenvalue weighted by molar-refractivity contribution is 7.89. The molecule has 0 aliphatic heterocycles. The Labute approximate surface area is 149 Å². The molecule has 134 valence electrons. The first-order chi connectivity index (χ1) is 11.7. The van der Waals surface area contributed by atoms with Crippen LogP contribution >= 0.6 is 0 Å². The monoisotopic (exact) mass is 360 g/mol. The standard InChI is InChI=1S/C19H24N2O3S/c1-13(2)21-25(23,24)17-10-7-9-16(12-17)19(22)20-15(4)18-11-6-5-8-14(18)3/h5-13,15,21H,1-4H3,(H,20,22). The molecule has 0 aromatic heterocycles. The molecule has 25 heavy (non-hydrogen) atoms. The molecule has 0 spiro atoms. The second-order valence-corrected chi connectivity index (χ2v) is 8.07.